The molecule has 1 amide bonds. The molecule has 0 aromatic rings. The van der Waals surface area contributed by atoms with Gasteiger partial charge in [0.05, 0.1) is 13.2 Å². The van der Waals surface area contributed by atoms with Crippen molar-refractivity contribution in [2.24, 2.45) is 0 Å². The van der Waals surface area contributed by atoms with Crippen molar-refractivity contribution >= 4 is 17.8 Å². The minimum absolute atomic E-state index is 0. The van der Waals surface area contributed by atoms with E-state index in [1.807, 2.05) is 0 Å². The van der Waals surface area contributed by atoms with Crippen LogP contribution in [0.4, 0.5) is 0 Å². The number of nitrogens with one attached hydrogen (secondary N) is 1. The third-order valence-electron chi connectivity index (χ3n) is 5.82. The zero-order chi connectivity index (χ0) is 24.6. The number of aliphatic hydroxyl groups is 1. The molecule has 9 heteroatoms. The maximum Gasteiger partial charge on any atom is 1.00 e. The zero-order valence-electron chi connectivity index (χ0n) is 21.6. The number of carboxylic acid groups (broad SMARTS) is 2. The van der Waals surface area contributed by atoms with E-state index in [1.165, 1.54) is 57.8 Å². The van der Waals surface area contributed by atoms with Gasteiger partial charge in [-0.1, -0.05) is 83.5 Å². The summed E-state index contributed by atoms with van der Waals surface area (Å²) in [7, 11) is 0. The molecular weight excluding hydrogens is 447 g/mol. The molecule has 0 radical (unpaired) electrons. The van der Waals surface area contributed by atoms with Gasteiger partial charge in [0.2, 0.25) is 5.91 Å². The van der Waals surface area contributed by atoms with Gasteiger partial charge in [-0.05, 0) is 12.8 Å². The fraction of sp³-hybridized carbons (Fsp3) is 0.880. The molecule has 0 aliphatic carbocycles. The van der Waals surface area contributed by atoms with Crippen LogP contribution in [-0.2, 0) is 14.4 Å². The van der Waals surface area contributed by atoms with Crippen LogP contribution in [0.2, 0.25) is 0 Å². The molecule has 0 heterocycles. The van der Waals surface area contributed by atoms with Crippen LogP contribution in [0.15, 0.2) is 0 Å². The van der Waals surface area contributed by atoms with Gasteiger partial charge in [-0.2, -0.15) is 0 Å². The molecular formula is C25H48N2NaO6+. The molecule has 34 heavy (non-hydrogen) atoms. The summed E-state index contributed by atoms with van der Waals surface area (Å²) < 4.78 is 0. The minimum Gasteiger partial charge on any atom is -0.481 e. The Bertz CT molecular complexity index is 508. The number of rotatable bonds is 25. The Morgan fingerprint density at radius 3 is 1.38 bits per heavy atom. The smallest absolute Gasteiger partial charge is 0.481 e. The molecule has 0 atom stereocenters. The molecule has 0 aromatic carbocycles. The summed E-state index contributed by atoms with van der Waals surface area (Å²) in [6.07, 6.45) is 18.4. The molecule has 0 spiro atoms. The standard InChI is InChI=1S/C25H48N2O6.Na/c28-21-20-27(22-25(32)33)19-18-26-23(29)16-14-12-10-8-6-4-2-1-3-5-7-9-11-13-15-17-24(30)31;/h28H,1-22H2,(H,26,29)(H,30,31)(H,32,33);/q;+1. The van der Waals surface area contributed by atoms with Gasteiger partial charge in [0.15, 0.2) is 0 Å². The van der Waals surface area contributed by atoms with Crippen molar-refractivity contribution in [3.05, 3.63) is 0 Å². The predicted octanol–water partition coefficient (Wildman–Crippen LogP) is 1.20. The van der Waals surface area contributed by atoms with Gasteiger partial charge in [-0.3, -0.25) is 19.3 Å². The molecule has 8 nitrogen and oxygen atoms in total. The number of amides is 1. The average Bonchev–Trinajstić information content (AvgIpc) is 2.75. The molecule has 0 saturated heterocycles. The first-order valence-corrected chi connectivity index (χ1v) is 13.0. The SMILES string of the molecule is O=C(O)CCCCCCCCCCCCCCCCCC(=O)NCCN(CCO)CC(=O)O.[Na+]. The van der Waals surface area contributed by atoms with E-state index < -0.39 is 11.9 Å². The van der Waals surface area contributed by atoms with Gasteiger partial charge < -0.3 is 20.6 Å². The summed E-state index contributed by atoms with van der Waals surface area (Å²) in [5.74, 6) is -1.61. The molecule has 0 saturated carbocycles. The number of hydrogen-bond donors (Lipinski definition) is 4. The number of unbranched alkanes of at least 4 members (excludes halogenated alkanes) is 14. The summed E-state index contributed by atoms with van der Waals surface area (Å²) in [4.78, 5) is 34.6. The summed E-state index contributed by atoms with van der Waals surface area (Å²) in [6, 6.07) is 0. The van der Waals surface area contributed by atoms with Crippen molar-refractivity contribution in [3.8, 4) is 0 Å². The van der Waals surface area contributed by atoms with Gasteiger partial charge in [0.1, 0.15) is 0 Å². The Morgan fingerprint density at radius 1 is 0.588 bits per heavy atom. The first-order valence-electron chi connectivity index (χ1n) is 13.0. The van der Waals surface area contributed by atoms with E-state index >= 15 is 0 Å². The van der Waals surface area contributed by atoms with Crippen LogP contribution in [0, 0.1) is 0 Å². The van der Waals surface area contributed by atoms with Crippen molar-refractivity contribution in [1.82, 2.24) is 10.2 Å². The number of carbonyl (C=O) groups is 3. The van der Waals surface area contributed by atoms with Crippen molar-refractivity contribution in [3.63, 3.8) is 0 Å². The third-order valence-corrected chi connectivity index (χ3v) is 5.82. The Kier molecular flexibility index (Phi) is 28.1. The molecule has 0 bridgehead atoms. The minimum atomic E-state index is -0.937. The van der Waals surface area contributed by atoms with Crippen LogP contribution in [0.25, 0.3) is 0 Å². The van der Waals surface area contributed by atoms with Crippen LogP contribution in [0.5, 0.6) is 0 Å². The topological polar surface area (TPSA) is 127 Å². The summed E-state index contributed by atoms with van der Waals surface area (Å²) in [5.41, 5.74) is 0. The van der Waals surface area contributed by atoms with E-state index in [1.54, 1.807) is 4.90 Å². The van der Waals surface area contributed by atoms with Crippen molar-refractivity contribution in [2.75, 3.05) is 32.8 Å². The Morgan fingerprint density at radius 2 is 1.00 bits per heavy atom. The largest absolute Gasteiger partial charge is 1.00 e. The van der Waals surface area contributed by atoms with Gasteiger partial charge in [0, 0.05) is 32.5 Å². The van der Waals surface area contributed by atoms with Crippen LogP contribution in [0.1, 0.15) is 109 Å². The summed E-state index contributed by atoms with van der Waals surface area (Å²) in [6.45, 7) is 0.889. The second-order valence-electron chi connectivity index (χ2n) is 8.94. The quantitative estimate of drug-likeness (QED) is 0.111. The molecule has 0 aliphatic heterocycles. The van der Waals surface area contributed by atoms with E-state index in [2.05, 4.69) is 5.32 Å². The van der Waals surface area contributed by atoms with Gasteiger partial charge >= 0.3 is 41.5 Å². The first kappa shape index (κ1) is 35.5. The second-order valence-corrected chi connectivity index (χ2v) is 8.94. The molecule has 0 aromatic heterocycles. The number of nitrogens with zero attached hydrogens (tertiary/aromatic N) is 1. The first-order chi connectivity index (χ1) is 16.0. The third kappa shape index (κ3) is 27.6. The molecule has 0 unspecified atom stereocenters. The fourth-order valence-corrected chi connectivity index (χ4v) is 3.90. The fourth-order valence-electron chi connectivity index (χ4n) is 3.90. The number of aliphatic hydroxyl groups excluding tert-OH is 1. The van der Waals surface area contributed by atoms with E-state index in [4.69, 9.17) is 15.3 Å². The molecule has 0 rings (SSSR count). The van der Waals surface area contributed by atoms with Gasteiger partial charge in [-0.25, -0.2) is 0 Å². The summed E-state index contributed by atoms with van der Waals surface area (Å²) in [5, 5.41) is 29.2. The molecule has 4 N–H and O–H groups in total. The normalized spacial score (nSPS) is 10.8. The van der Waals surface area contributed by atoms with E-state index in [-0.39, 0.29) is 48.6 Å². The Labute approximate surface area is 228 Å². The van der Waals surface area contributed by atoms with Gasteiger partial charge in [-0.15, -0.1) is 0 Å². The second kappa shape index (κ2) is 26.9. The number of aliphatic carboxylic acids is 2. The van der Waals surface area contributed by atoms with E-state index in [0.717, 1.165) is 38.5 Å². The number of hydrogen-bond acceptors (Lipinski definition) is 5. The summed E-state index contributed by atoms with van der Waals surface area (Å²) >= 11 is 0. The van der Waals surface area contributed by atoms with Crippen LogP contribution < -0.4 is 34.9 Å². The van der Waals surface area contributed by atoms with Crippen LogP contribution >= 0.6 is 0 Å². The van der Waals surface area contributed by atoms with Crippen molar-refractivity contribution in [2.45, 2.75) is 109 Å². The average molecular weight is 496 g/mol. The van der Waals surface area contributed by atoms with E-state index in [0.29, 0.717) is 32.5 Å². The van der Waals surface area contributed by atoms with Gasteiger partial charge in [0.25, 0.3) is 0 Å². The van der Waals surface area contributed by atoms with E-state index in [9.17, 15) is 14.4 Å². The molecule has 0 fully saturated rings. The number of carboxylic acids is 2. The Balaban J connectivity index is 0. The van der Waals surface area contributed by atoms with Crippen molar-refractivity contribution in [1.29, 1.82) is 0 Å². The molecule has 0 aliphatic rings. The monoisotopic (exact) mass is 495 g/mol. The number of carbonyl (C=O) groups excluding carboxylic acids is 1. The van der Waals surface area contributed by atoms with Crippen molar-refractivity contribution < 1.29 is 59.3 Å². The van der Waals surface area contributed by atoms with Crippen LogP contribution in [-0.4, -0.2) is 70.9 Å². The molecule has 194 valence electrons. The zero-order valence-corrected chi connectivity index (χ0v) is 23.6. The predicted molar refractivity (Wildman–Crippen MR) is 130 cm³/mol. The maximum absolute atomic E-state index is 11.9. The Hall–Kier alpha value is -0.670. The maximum atomic E-state index is 11.9. The van der Waals surface area contributed by atoms with Crippen LogP contribution in [0.3, 0.4) is 0 Å².